The molecular weight excluding hydrogens is 216 g/mol. The van der Waals surface area contributed by atoms with Gasteiger partial charge >= 0.3 is 5.97 Å². The molecule has 0 radical (unpaired) electrons. The first-order valence-corrected chi connectivity index (χ1v) is 4.60. The maximum Gasteiger partial charge on any atom is 0.331 e. The Balaban J connectivity index is 2.69. The molecule has 5 heteroatoms. The molecule has 3 nitrogen and oxygen atoms in total. The third-order valence-corrected chi connectivity index (χ3v) is 1.99. The number of rotatable bonds is 4. The van der Waals surface area contributed by atoms with Crippen molar-refractivity contribution in [3.05, 3.63) is 41.5 Å². The first-order chi connectivity index (χ1) is 7.52. The minimum Gasteiger partial charge on any atom is -0.478 e. The van der Waals surface area contributed by atoms with Crippen LogP contribution in [0.3, 0.4) is 0 Å². The van der Waals surface area contributed by atoms with Gasteiger partial charge in [0.15, 0.2) is 0 Å². The van der Waals surface area contributed by atoms with Gasteiger partial charge in [-0.25, -0.2) is 13.6 Å². The Kier molecular flexibility index (Phi) is 3.99. The molecule has 0 heterocycles. The number of para-hydroxylation sites is 1. The average molecular weight is 227 g/mol. The number of carboxylic acid groups (broad SMARTS) is 1. The molecule has 0 unspecified atom stereocenters. The van der Waals surface area contributed by atoms with E-state index in [1.807, 2.05) is 0 Å². The Labute approximate surface area is 91.4 Å². The summed E-state index contributed by atoms with van der Waals surface area (Å²) in [5.41, 5.74) is -0.138. The van der Waals surface area contributed by atoms with Crippen LogP contribution in [0, 0.1) is 11.6 Å². The van der Waals surface area contributed by atoms with Gasteiger partial charge in [-0.1, -0.05) is 12.1 Å². The van der Waals surface area contributed by atoms with Crippen molar-refractivity contribution in [3.63, 3.8) is 0 Å². The minimum absolute atomic E-state index is 0.0516. The zero-order valence-corrected chi connectivity index (χ0v) is 8.63. The molecule has 0 aliphatic rings. The normalized spacial score (nSPS) is 11.3. The lowest BCUT2D eigenvalue weighted by molar-refractivity contribution is -0.132. The predicted molar refractivity (Wildman–Crippen MR) is 56.2 cm³/mol. The molecule has 0 amide bonds. The van der Waals surface area contributed by atoms with E-state index in [1.165, 1.54) is 19.1 Å². The second-order valence-electron chi connectivity index (χ2n) is 3.17. The Bertz CT molecular complexity index is 410. The summed E-state index contributed by atoms with van der Waals surface area (Å²) in [6.45, 7) is 1.46. The summed E-state index contributed by atoms with van der Waals surface area (Å²) >= 11 is 0. The summed E-state index contributed by atoms with van der Waals surface area (Å²) in [5.74, 6) is -2.47. The summed E-state index contributed by atoms with van der Waals surface area (Å²) in [4.78, 5) is 10.4. The van der Waals surface area contributed by atoms with Gasteiger partial charge in [-0.05, 0) is 19.1 Å². The Hall–Kier alpha value is -1.91. The number of carbonyl (C=O) groups is 1. The summed E-state index contributed by atoms with van der Waals surface area (Å²) in [6, 6.07) is 3.51. The highest BCUT2D eigenvalue weighted by molar-refractivity contribution is 5.85. The van der Waals surface area contributed by atoms with Gasteiger partial charge in [0.2, 0.25) is 0 Å². The number of aliphatic carboxylic acids is 1. The lowest BCUT2D eigenvalue weighted by Crippen LogP contribution is -2.05. The molecule has 0 aromatic heterocycles. The summed E-state index contributed by atoms with van der Waals surface area (Å²) in [7, 11) is 0. The first-order valence-electron chi connectivity index (χ1n) is 4.60. The lowest BCUT2D eigenvalue weighted by Gasteiger charge is -2.06. The van der Waals surface area contributed by atoms with Crippen LogP contribution in [-0.2, 0) is 4.79 Å². The number of benzene rings is 1. The Morgan fingerprint density at radius 2 is 2.00 bits per heavy atom. The van der Waals surface area contributed by atoms with Crippen molar-refractivity contribution in [2.24, 2.45) is 0 Å². The third kappa shape index (κ3) is 3.05. The van der Waals surface area contributed by atoms with E-state index in [-0.39, 0.29) is 17.8 Å². The fourth-order valence-electron chi connectivity index (χ4n) is 1.06. The number of hydrogen-bond acceptors (Lipinski definition) is 2. The minimum atomic E-state index is -1.06. The molecule has 0 saturated heterocycles. The van der Waals surface area contributed by atoms with Gasteiger partial charge in [0, 0.05) is 12.1 Å². The summed E-state index contributed by atoms with van der Waals surface area (Å²) < 4.78 is 26.2. The molecule has 0 aliphatic carbocycles. The van der Waals surface area contributed by atoms with E-state index >= 15 is 0 Å². The van der Waals surface area contributed by atoms with Gasteiger partial charge in [-0.3, -0.25) is 0 Å². The molecule has 1 aromatic rings. The zero-order chi connectivity index (χ0) is 12.1. The van der Waals surface area contributed by atoms with Gasteiger partial charge in [0.1, 0.15) is 17.3 Å². The predicted octanol–water partition coefficient (Wildman–Crippen LogP) is 2.41. The molecule has 0 spiro atoms. The van der Waals surface area contributed by atoms with Crippen LogP contribution in [0.15, 0.2) is 29.8 Å². The molecule has 86 valence electrons. The largest absolute Gasteiger partial charge is 0.478 e. The second kappa shape index (κ2) is 5.25. The van der Waals surface area contributed by atoms with E-state index in [0.29, 0.717) is 0 Å². The van der Waals surface area contributed by atoms with E-state index in [4.69, 9.17) is 5.11 Å². The average Bonchev–Trinajstić information content (AvgIpc) is 2.22. The summed E-state index contributed by atoms with van der Waals surface area (Å²) in [5, 5.41) is 11.0. The van der Waals surface area contributed by atoms with Gasteiger partial charge in [-0.2, -0.15) is 0 Å². The van der Waals surface area contributed by atoms with Crippen molar-refractivity contribution in [1.82, 2.24) is 0 Å². The van der Waals surface area contributed by atoms with Gasteiger partial charge in [-0.15, -0.1) is 0 Å². The SMILES string of the molecule is C/C(=C/CNc1c(F)cccc1F)C(=O)O. The smallest absolute Gasteiger partial charge is 0.331 e. The molecule has 1 rings (SSSR count). The monoisotopic (exact) mass is 227 g/mol. The standard InChI is InChI=1S/C11H11F2NO2/c1-7(11(15)16)5-6-14-10-8(12)3-2-4-9(10)13/h2-5,14H,6H2,1H3,(H,15,16)/b7-5-. The maximum absolute atomic E-state index is 13.1. The molecule has 0 fully saturated rings. The van der Waals surface area contributed by atoms with Gasteiger partial charge < -0.3 is 10.4 Å². The van der Waals surface area contributed by atoms with Crippen LogP contribution in [0.2, 0.25) is 0 Å². The van der Waals surface area contributed by atoms with Crippen molar-refractivity contribution in [2.45, 2.75) is 6.92 Å². The molecule has 1 aromatic carbocycles. The molecular formula is C11H11F2NO2. The van der Waals surface area contributed by atoms with Gasteiger partial charge in [0.05, 0.1) is 0 Å². The van der Waals surface area contributed by atoms with E-state index in [1.54, 1.807) is 0 Å². The number of carboxylic acids is 1. The van der Waals surface area contributed by atoms with Crippen LogP contribution in [0.25, 0.3) is 0 Å². The number of nitrogens with one attached hydrogen (secondary N) is 1. The first kappa shape index (κ1) is 12.2. The lowest BCUT2D eigenvalue weighted by atomic mass is 10.2. The quantitative estimate of drug-likeness (QED) is 0.776. The number of anilines is 1. The van der Waals surface area contributed by atoms with Crippen molar-refractivity contribution >= 4 is 11.7 Å². The molecule has 0 atom stereocenters. The topological polar surface area (TPSA) is 49.3 Å². The molecule has 16 heavy (non-hydrogen) atoms. The van der Waals surface area contributed by atoms with E-state index < -0.39 is 17.6 Å². The van der Waals surface area contributed by atoms with E-state index in [9.17, 15) is 13.6 Å². The van der Waals surface area contributed by atoms with Crippen LogP contribution in [0.5, 0.6) is 0 Å². The van der Waals surface area contributed by atoms with Crippen LogP contribution in [0.4, 0.5) is 14.5 Å². The van der Waals surface area contributed by atoms with Crippen molar-refractivity contribution in [1.29, 1.82) is 0 Å². The van der Waals surface area contributed by atoms with Gasteiger partial charge in [0.25, 0.3) is 0 Å². The highest BCUT2D eigenvalue weighted by atomic mass is 19.1. The Morgan fingerprint density at radius 1 is 1.44 bits per heavy atom. The highest BCUT2D eigenvalue weighted by Gasteiger charge is 2.06. The third-order valence-electron chi connectivity index (χ3n) is 1.99. The second-order valence-corrected chi connectivity index (χ2v) is 3.17. The maximum atomic E-state index is 13.1. The van der Waals surface area contributed by atoms with Crippen molar-refractivity contribution in [3.8, 4) is 0 Å². The number of hydrogen-bond donors (Lipinski definition) is 2. The number of halogens is 2. The van der Waals surface area contributed by atoms with Crippen LogP contribution in [-0.4, -0.2) is 17.6 Å². The molecule has 0 bridgehead atoms. The Morgan fingerprint density at radius 3 is 2.50 bits per heavy atom. The van der Waals surface area contributed by atoms with Crippen LogP contribution >= 0.6 is 0 Å². The zero-order valence-electron chi connectivity index (χ0n) is 8.63. The van der Waals surface area contributed by atoms with Crippen molar-refractivity contribution in [2.75, 3.05) is 11.9 Å². The molecule has 2 N–H and O–H groups in total. The fourth-order valence-corrected chi connectivity index (χ4v) is 1.06. The highest BCUT2D eigenvalue weighted by Crippen LogP contribution is 2.17. The fraction of sp³-hybridized carbons (Fsp3) is 0.182. The molecule has 0 saturated carbocycles. The van der Waals surface area contributed by atoms with Crippen molar-refractivity contribution < 1.29 is 18.7 Å². The van der Waals surface area contributed by atoms with Crippen LogP contribution in [0.1, 0.15) is 6.92 Å². The van der Waals surface area contributed by atoms with Crippen LogP contribution < -0.4 is 5.32 Å². The van der Waals surface area contributed by atoms with E-state index in [2.05, 4.69) is 5.32 Å². The molecule has 0 aliphatic heterocycles. The summed E-state index contributed by atoms with van der Waals surface area (Å²) in [6.07, 6.45) is 1.34. The van der Waals surface area contributed by atoms with E-state index in [0.717, 1.165) is 12.1 Å².